The van der Waals surface area contributed by atoms with Crippen LogP contribution in [0.1, 0.15) is 24.8 Å². The molecule has 0 radical (unpaired) electrons. The van der Waals surface area contributed by atoms with Crippen LogP contribution in [0, 0.1) is 5.82 Å². The van der Waals surface area contributed by atoms with Crippen molar-refractivity contribution in [2.45, 2.75) is 42.8 Å². The molecule has 0 saturated carbocycles. The van der Waals surface area contributed by atoms with Gasteiger partial charge in [0.25, 0.3) is 0 Å². The number of carboxylic acids is 1. The van der Waals surface area contributed by atoms with Gasteiger partial charge in [0.2, 0.25) is 10.0 Å². The molecule has 2 atom stereocenters. The van der Waals surface area contributed by atoms with Crippen molar-refractivity contribution in [3.05, 3.63) is 35.6 Å². The van der Waals surface area contributed by atoms with Crippen molar-refractivity contribution in [1.29, 1.82) is 0 Å². The molecule has 31 heavy (non-hydrogen) atoms. The first-order chi connectivity index (χ1) is 14.5. The minimum absolute atomic E-state index is 0.0674. The van der Waals surface area contributed by atoms with Crippen molar-refractivity contribution >= 4 is 22.0 Å². The van der Waals surface area contributed by atoms with Gasteiger partial charge in [0.1, 0.15) is 11.1 Å². The molecule has 0 bridgehead atoms. The molecule has 1 aromatic rings. The Hall–Kier alpha value is -2.28. The van der Waals surface area contributed by atoms with Crippen LogP contribution < -0.4 is 5.73 Å². The fourth-order valence-electron chi connectivity index (χ4n) is 4.05. The molecule has 2 aliphatic rings. The standard InChI is InChI=1S/C19H26FN3O7S/c20-14-3-1-2-13(10-14)11-30-15-4-8-23(9-5-15)31(28,29)16-6-7-22(18(21)26)12-19(16,27)17(24)25/h1-3,10,15-16,27H,4-9,11-12H2,(H2,21,26)(H,24,25). The van der Waals surface area contributed by atoms with Crippen LogP contribution in [0.15, 0.2) is 24.3 Å². The molecule has 2 heterocycles. The maximum atomic E-state index is 13.3. The smallest absolute Gasteiger partial charge is 0.339 e. The van der Waals surface area contributed by atoms with Crippen molar-refractivity contribution < 1.29 is 37.3 Å². The maximum Gasteiger partial charge on any atom is 0.339 e. The predicted molar refractivity (Wildman–Crippen MR) is 107 cm³/mol. The average molecular weight is 459 g/mol. The second-order valence-corrected chi connectivity index (χ2v) is 9.97. The van der Waals surface area contributed by atoms with Gasteiger partial charge in [-0.05, 0) is 37.0 Å². The second-order valence-electron chi connectivity index (χ2n) is 7.85. The summed E-state index contributed by atoms with van der Waals surface area (Å²) < 4.78 is 46.5. The maximum absolute atomic E-state index is 13.3. The summed E-state index contributed by atoms with van der Waals surface area (Å²) in [6.45, 7) is -0.375. The van der Waals surface area contributed by atoms with E-state index < -0.39 is 39.4 Å². The van der Waals surface area contributed by atoms with E-state index in [0.29, 0.717) is 18.4 Å². The zero-order valence-corrected chi connectivity index (χ0v) is 17.6. The van der Waals surface area contributed by atoms with E-state index in [1.807, 2.05) is 0 Å². The van der Waals surface area contributed by atoms with E-state index in [0.717, 1.165) is 9.21 Å². The van der Waals surface area contributed by atoms with Crippen molar-refractivity contribution in [2.24, 2.45) is 5.73 Å². The van der Waals surface area contributed by atoms with Gasteiger partial charge >= 0.3 is 12.0 Å². The van der Waals surface area contributed by atoms with E-state index >= 15 is 0 Å². The third-order valence-electron chi connectivity index (χ3n) is 5.80. The number of hydrogen-bond acceptors (Lipinski definition) is 6. The summed E-state index contributed by atoms with van der Waals surface area (Å²) in [6.07, 6.45) is 0.273. The molecule has 2 amide bonds. The number of nitrogens with two attached hydrogens (primary N) is 1. The number of carboxylic acid groups (broad SMARTS) is 1. The zero-order valence-electron chi connectivity index (χ0n) is 16.8. The van der Waals surface area contributed by atoms with E-state index in [4.69, 9.17) is 10.5 Å². The van der Waals surface area contributed by atoms with E-state index in [1.165, 1.54) is 12.1 Å². The highest BCUT2D eigenvalue weighted by molar-refractivity contribution is 7.89. The number of ether oxygens (including phenoxy) is 1. The molecular weight excluding hydrogens is 433 g/mol. The lowest BCUT2D eigenvalue weighted by Gasteiger charge is -2.43. The van der Waals surface area contributed by atoms with Crippen LogP contribution in [0.4, 0.5) is 9.18 Å². The molecular formula is C19H26FN3O7S. The first-order valence-corrected chi connectivity index (χ1v) is 11.4. The molecule has 12 heteroatoms. The van der Waals surface area contributed by atoms with Crippen LogP contribution in [0.25, 0.3) is 0 Å². The van der Waals surface area contributed by atoms with Crippen molar-refractivity contribution in [2.75, 3.05) is 26.2 Å². The van der Waals surface area contributed by atoms with Gasteiger partial charge in [-0.2, -0.15) is 0 Å². The number of sulfonamides is 1. The Morgan fingerprint density at radius 3 is 2.48 bits per heavy atom. The van der Waals surface area contributed by atoms with Crippen LogP contribution in [-0.2, 0) is 26.2 Å². The Bertz CT molecular complexity index is 936. The van der Waals surface area contributed by atoms with Gasteiger partial charge in [0.05, 0.1) is 19.3 Å². The number of halogens is 1. The molecule has 2 aliphatic heterocycles. The number of carbonyl (C=O) groups is 2. The van der Waals surface area contributed by atoms with Gasteiger partial charge in [0.15, 0.2) is 5.60 Å². The van der Waals surface area contributed by atoms with E-state index in [-0.39, 0.29) is 44.6 Å². The molecule has 2 fully saturated rings. The molecule has 0 aromatic heterocycles. The third-order valence-corrected chi connectivity index (χ3v) is 8.23. The number of β-amino-alcohol motifs (C(OH)–C–C–N with tert-alkyl or cyclic N) is 1. The Morgan fingerprint density at radius 1 is 1.23 bits per heavy atom. The van der Waals surface area contributed by atoms with Crippen LogP contribution in [0.5, 0.6) is 0 Å². The number of likely N-dealkylation sites (tertiary alicyclic amines) is 1. The molecule has 0 spiro atoms. The first-order valence-electron chi connectivity index (χ1n) is 9.89. The van der Waals surface area contributed by atoms with Crippen molar-refractivity contribution in [3.8, 4) is 0 Å². The Labute approximate surface area is 179 Å². The summed E-state index contributed by atoms with van der Waals surface area (Å²) in [4.78, 5) is 24.0. The number of rotatable bonds is 6. The van der Waals surface area contributed by atoms with Crippen molar-refractivity contribution in [1.82, 2.24) is 9.21 Å². The fraction of sp³-hybridized carbons (Fsp3) is 0.579. The van der Waals surface area contributed by atoms with E-state index in [2.05, 4.69) is 0 Å². The molecule has 4 N–H and O–H groups in total. The van der Waals surface area contributed by atoms with Crippen LogP contribution >= 0.6 is 0 Å². The molecule has 0 aliphatic carbocycles. The molecule has 10 nitrogen and oxygen atoms in total. The van der Waals surface area contributed by atoms with Gasteiger partial charge < -0.3 is 25.6 Å². The third kappa shape index (κ3) is 4.97. The monoisotopic (exact) mass is 459 g/mol. The number of benzene rings is 1. The zero-order chi connectivity index (χ0) is 22.8. The highest BCUT2D eigenvalue weighted by Gasteiger charge is 2.56. The lowest BCUT2D eigenvalue weighted by molar-refractivity contribution is -0.162. The minimum atomic E-state index is -4.16. The number of primary amides is 1. The summed E-state index contributed by atoms with van der Waals surface area (Å²) in [5.74, 6) is -2.09. The summed E-state index contributed by atoms with van der Waals surface area (Å²) in [6, 6.07) is 5.08. The quantitative estimate of drug-likeness (QED) is 0.546. The molecule has 3 rings (SSSR count). The summed E-state index contributed by atoms with van der Waals surface area (Å²) in [5.41, 5.74) is 3.18. The number of piperidine rings is 2. The highest BCUT2D eigenvalue weighted by atomic mass is 32.2. The Kier molecular flexibility index (Phi) is 6.84. The number of carbonyl (C=O) groups excluding carboxylic acids is 1. The normalized spacial score (nSPS) is 26.0. The van der Waals surface area contributed by atoms with Crippen LogP contribution in [0.2, 0.25) is 0 Å². The molecule has 1 aromatic carbocycles. The highest BCUT2D eigenvalue weighted by Crippen LogP contribution is 2.32. The van der Waals surface area contributed by atoms with Crippen molar-refractivity contribution in [3.63, 3.8) is 0 Å². The van der Waals surface area contributed by atoms with Gasteiger partial charge in [-0.25, -0.2) is 26.7 Å². The number of hydrogen-bond donors (Lipinski definition) is 3. The summed E-state index contributed by atoms with van der Waals surface area (Å²) in [7, 11) is -4.16. The van der Waals surface area contributed by atoms with Gasteiger partial charge in [-0.15, -0.1) is 0 Å². The summed E-state index contributed by atoms with van der Waals surface area (Å²) in [5, 5.41) is 18.6. The van der Waals surface area contributed by atoms with E-state index in [9.17, 15) is 32.6 Å². The average Bonchev–Trinajstić information content (AvgIpc) is 2.72. The topological polar surface area (TPSA) is 150 Å². The lowest BCUT2D eigenvalue weighted by atomic mass is 9.92. The van der Waals surface area contributed by atoms with Crippen LogP contribution in [0.3, 0.4) is 0 Å². The van der Waals surface area contributed by atoms with Gasteiger partial charge in [-0.1, -0.05) is 12.1 Å². The predicted octanol–water partition coefficient (Wildman–Crippen LogP) is 0.105. The Morgan fingerprint density at radius 2 is 1.90 bits per heavy atom. The SMILES string of the molecule is NC(=O)N1CCC(S(=O)(=O)N2CCC(OCc3cccc(F)c3)CC2)C(O)(C(=O)O)C1. The van der Waals surface area contributed by atoms with E-state index in [1.54, 1.807) is 12.1 Å². The van der Waals surface area contributed by atoms with Gasteiger partial charge in [-0.3, -0.25) is 0 Å². The van der Waals surface area contributed by atoms with Crippen LogP contribution in [-0.4, -0.2) is 83.0 Å². The molecule has 2 saturated heterocycles. The number of urea groups is 1. The largest absolute Gasteiger partial charge is 0.479 e. The summed E-state index contributed by atoms with van der Waals surface area (Å²) >= 11 is 0. The molecule has 2 unspecified atom stereocenters. The molecule has 172 valence electrons. The van der Waals surface area contributed by atoms with Gasteiger partial charge in [0, 0.05) is 19.6 Å². The number of aliphatic hydroxyl groups is 1. The number of amides is 2. The minimum Gasteiger partial charge on any atom is -0.479 e. The Balaban J connectivity index is 1.63. The fourth-order valence-corrected chi connectivity index (χ4v) is 6.20. The first kappa shape index (κ1) is 23.4. The second kappa shape index (κ2) is 9.07. The number of nitrogens with zero attached hydrogens (tertiary/aromatic N) is 2. The number of aliphatic carboxylic acids is 1. The lowest BCUT2D eigenvalue weighted by Crippen LogP contribution is -2.67.